The molecule has 2 nitrogen and oxygen atoms in total. The maximum Gasteiger partial charge on any atom is 0.130 e. The van der Waals surface area contributed by atoms with Crippen LogP contribution < -0.4 is 10.1 Å². The number of benzene rings is 1. The van der Waals surface area contributed by atoms with Gasteiger partial charge in [-0.15, -0.1) is 0 Å². The van der Waals surface area contributed by atoms with Crippen molar-refractivity contribution in [2.45, 2.75) is 46.0 Å². The first-order valence-corrected chi connectivity index (χ1v) is 8.01. The second kappa shape index (κ2) is 6.78. The second-order valence-corrected chi connectivity index (χ2v) is 6.97. The Morgan fingerprint density at radius 2 is 2.14 bits per heavy atom. The summed E-state index contributed by atoms with van der Waals surface area (Å²) in [6, 6.07) is 5.31. The van der Waals surface area contributed by atoms with Crippen LogP contribution in [0.5, 0.6) is 5.75 Å². The molecule has 0 aromatic heterocycles. The van der Waals surface area contributed by atoms with Crippen LogP contribution in [0, 0.1) is 17.2 Å². The Balaban J connectivity index is 2.26. The lowest BCUT2D eigenvalue weighted by Crippen LogP contribution is -2.35. The quantitative estimate of drug-likeness (QED) is 0.871. The fraction of sp³-hybridized carbons (Fsp3) is 0.667. The summed E-state index contributed by atoms with van der Waals surface area (Å²) in [7, 11) is 1.58. The normalized spacial score (nSPS) is 24.8. The number of hydrogen-bond acceptors (Lipinski definition) is 2. The Morgan fingerprint density at radius 3 is 2.76 bits per heavy atom. The van der Waals surface area contributed by atoms with E-state index >= 15 is 0 Å². The highest BCUT2D eigenvalue weighted by Gasteiger charge is 2.36. The minimum atomic E-state index is -0.126. The van der Waals surface area contributed by atoms with Crippen molar-refractivity contribution >= 4 is 0 Å². The molecule has 0 spiro atoms. The third kappa shape index (κ3) is 3.97. The molecular weight excluding hydrogens is 265 g/mol. The summed E-state index contributed by atoms with van der Waals surface area (Å²) in [5.74, 6) is 1.27. The molecule has 1 aromatic rings. The van der Waals surface area contributed by atoms with Crippen LogP contribution in [-0.4, -0.2) is 20.2 Å². The van der Waals surface area contributed by atoms with Crippen LogP contribution in [0.1, 0.15) is 51.5 Å². The monoisotopic (exact) mass is 293 g/mol. The molecule has 1 fully saturated rings. The molecule has 1 aliphatic carbocycles. The minimum absolute atomic E-state index is 0.126. The highest BCUT2D eigenvalue weighted by atomic mass is 19.1. The summed E-state index contributed by atoms with van der Waals surface area (Å²) in [5.41, 5.74) is 1.14. The van der Waals surface area contributed by atoms with Crippen LogP contribution in [0.4, 0.5) is 4.39 Å². The van der Waals surface area contributed by atoms with Gasteiger partial charge in [-0.3, -0.25) is 0 Å². The van der Waals surface area contributed by atoms with Gasteiger partial charge in [0, 0.05) is 6.07 Å². The minimum Gasteiger partial charge on any atom is -0.497 e. The molecule has 0 saturated heterocycles. The van der Waals surface area contributed by atoms with Crippen LogP contribution in [0.15, 0.2) is 18.2 Å². The molecular formula is C18H28FNO. The van der Waals surface area contributed by atoms with Crippen molar-refractivity contribution in [3.8, 4) is 5.75 Å². The summed E-state index contributed by atoms with van der Waals surface area (Å²) >= 11 is 0. The van der Waals surface area contributed by atoms with Gasteiger partial charge in [0.05, 0.1) is 7.11 Å². The smallest absolute Gasteiger partial charge is 0.130 e. The number of methoxy groups -OCH3 is 1. The van der Waals surface area contributed by atoms with Crippen molar-refractivity contribution in [3.63, 3.8) is 0 Å². The van der Waals surface area contributed by atoms with Crippen LogP contribution in [0.3, 0.4) is 0 Å². The molecule has 118 valence electrons. The van der Waals surface area contributed by atoms with E-state index in [-0.39, 0.29) is 5.82 Å². The lowest BCUT2D eigenvalue weighted by atomic mass is 9.65. The van der Waals surface area contributed by atoms with E-state index < -0.39 is 0 Å². The molecule has 0 amide bonds. The van der Waals surface area contributed by atoms with Crippen molar-refractivity contribution in [2.75, 3.05) is 20.2 Å². The first-order chi connectivity index (χ1) is 9.96. The van der Waals surface area contributed by atoms with Crippen LogP contribution in [-0.2, 0) is 0 Å². The topological polar surface area (TPSA) is 21.3 Å². The lowest BCUT2D eigenvalue weighted by molar-refractivity contribution is 0.158. The molecule has 1 N–H and O–H groups in total. The molecule has 2 unspecified atom stereocenters. The van der Waals surface area contributed by atoms with Crippen molar-refractivity contribution in [2.24, 2.45) is 11.3 Å². The van der Waals surface area contributed by atoms with E-state index in [2.05, 4.69) is 26.1 Å². The summed E-state index contributed by atoms with van der Waals surface area (Å²) in [6.07, 6.45) is 3.43. The molecule has 1 saturated carbocycles. The van der Waals surface area contributed by atoms with Gasteiger partial charge in [0.2, 0.25) is 0 Å². The highest BCUT2D eigenvalue weighted by molar-refractivity contribution is 5.32. The van der Waals surface area contributed by atoms with E-state index in [1.54, 1.807) is 7.11 Å². The molecule has 21 heavy (non-hydrogen) atoms. The average molecular weight is 293 g/mol. The lowest BCUT2D eigenvalue weighted by Gasteiger charge is -2.41. The predicted octanol–water partition coefficient (Wildman–Crippen LogP) is 4.35. The zero-order valence-corrected chi connectivity index (χ0v) is 13.7. The molecule has 1 aliphatic rings. The largest absolute Gasteiger partial charge is 0.497 e. The van der Waals surface area contributed by atoms with Crippen LogP contribution in [0.2, 0.25) is 0 Å². The van der Waals surface area contributed by atoms with E-state index in [1.807, 2.05) is 12.1 Å². The zero-order chi connectivity index (χ0) is 15.5. The molecule has 2 rings (SSSR count). The summed E-state index contributed by atoms with van der Waals surface area (Å²) < 4.78 is 19.6. The fourth-order valence-electron chi connectivity index (χ4n) is 3.51. The molecule has 0 radical (unpaired) electrons. The number of rotatable bonds is 5. The third-order valence-corrected chi connectivity index (χ3v) is 4.80. The van der Waals surface area contributed by atoms with Gasteiger partial charge in [0.15, 0.2) is 0 Å². The highest BCUT2D eigenvalue weighted by Crippen LogP contribution is 2.47. The Kier molecular flexibility index (Phi) is 5.26. The Morgan fingerprint density at radius 1 is 1.38 bits per heavy atom. The number of hydrogen-bond donors (Lipinski definition) is 1. The maximum atomic E-state index is 14.5. The third-order valence-electron chi connectivity index (χ3n) is 4.80. The Labute approximate surface area is 128 Å². The van der Waals surface area contributed by atoms with Gasteiger partial charge in [-0.05, 0) is 61.2 Å². The Bertz CT molecular complexity index is 472. The first kappa shape index (κ1) is 16.3. The molecule has 3 heteroatoms. The number of nitrogens with one attached hydrogen (secondary N) is 1. The van der Waals surface area contributed by atoms with Gasteiger partial charge >= 0.3 is 0 Å². The SMILES string of the molecule is CCNCC1CCC(C)(C)CC1c1ccc(OC)cc1F. The molecule has 0 aliphatic heterocycles. The molecule has 0 heterocycles. The van der Waals surface area contributed by atoms with E-state index in [1.165, 1.54) is 12.5 Å². The molecule has 0 bridgehead atoms. The van der Waals surface area contributed by atoms with Gasteiger partial charge in [-0.1, -0.05) is 26.8 Å². The van der Waals surface area contributed by atoms with E-state index in [4.69, 9.17) is 4.74 Å². The van der Waals surface area contributed by atoms with Crippen LogP contribution in [0.25, 0.3) is 0 Å². The van der Waals surface area contributed by atoms with Gasteiger partial charge in [0.25, 0.3) is 0 Å². The predicted molar refractivity (Wildman–Crippen MR) is 85.4 cm³/mol. The van der Waals surface area contributed by atoms with Crippen molar-refractivity contribution in [3.05, 3.63) is 29.6 Å². The van der Waals surface area contributed by atoms with Gasteiger partial charge in [-0.25, -0.2) is 4.39 Å². The van der Waals surface area contributed by atoms with Gasteiger partial charge in [0.1, 0.15) is 11.6 Å². The molecule has 2 atom stereocenters. The van der Waals surface area contributed by atoms with E-state index in [0.717, 1.165) is 31.5 Å². The van der Waals surface area contributed by atoms with Crippen molar-refractivity contribution in [1.29, 1.82) is 0 Å². The van der Waals surface area contributed by atoms with Gasteiger partial charge < -0.3 is 10.1 Å². The fourth-order valence-corrected chi connectivity index (χ4v) is 3.51. The average Bonchev–Trinajstić information content (AvgIpc) is 2.45. The Hall–Kier alpha value is -1.09. The van der Waals surface area contributed by atoms with Gasteiger partial charge in [-0.2, -0.15) is 0 Å². The van der Waals surface area contributed by atoms with Crippen LogP contribution >= 0.6 is 0 Å². The second-order valence-electron chi connectivity index (χ2n) is 6.97. The van der Waals surface area contributed by atoms with E-state index in [0.29, 0.717) is 23.0 Å². The summed E-state index contributed by atoms with van der Waals surface area (Å²) in [6.45, 7) is 8.66. The standard InChI is InChI=1S/C18H28FNO/c1-5-20-12-13-8-9-18(2,3)11-16(13)15-7-6-14(21-4)10-17(15)19/h6-7,10,13,16,20H,5,8-9,11-12H2,1-4H3. The van der Waals surface area contributed by atoms with Crippen molar-refractivity contribution in [1.82, 2.24) is 5.32 Å². The zero-order valence-electron chi connectivity index (χ0n) is 13.7. The first-order valence-electron chi connectivity index (χ1n) is 8.01. The summed E-state index contributed by atoms with van der Waals surface area (Å²) in [5, 5.41) is 3.44. The summed E-state index contributed by atoms with van der Waals surface area (Å²) in [4.78, 5) is 0. The number of halogens is 1. The molecule has 1 aromatic carbocycles. The van der Waals surface area contributed by atoms with E-state index in [9.17, 15) is 4.39 Å². The number of ether oxygens (including phenoxy) is 1. The maximum absolute atomic E-state index is 14.5. The van der Waals surface area contributed by atoms with Crippen molar-refractivity contribution < 1.29 is 9.13 Å².